The lowest BCUT2D eigenvalue weighted by Gasteiger charge is -2.15. The quantitative estimate of drug-likeness (QED) is 0.633. The van der Waals surface area contributed by atoms with Gasteiger partial charge >= 0.3 is 5.97 Å². The standard InChI is InChI=1S/C14H17NO4S/c1-4-6-13(14(16)19-5-2)15-20(17,18)12-9-7-11(3)8-10-12/h1,7-10,13,15H,5-6H2,2-3H3. The minimum atomic E-state index is -3.81. The Morgan fingerprint density at radius 1 is 1.40 bits per heavy atom. The molecular formula is C14H17NO4S. The maximum atomic E-state index is 12.1. The maximum absolute atomic E-state index is 12.1. The van der Waals surface area contributed by atoms with Gasteiger partial charge in [-0.3, -0.25) is 4.79 Å². The van der Waals surface area contributed by atoms with E-state index in [4.69, 9.17) is 11.2 Å². The zero-order valence-electron chi connectivity index (χ0n) is 11.4. The molecule has 1 N–H and O–H groups in total. The number of carbonyl (C=O) groups is 1. The highest BCUT2D eigenvalue weighted by Crippen LogP contribution is 2.11. The van der Waals surface area contributed by atoms with Gasteiger partial charge in [-0.1, -0.05) is 17.7 Å². The summed E-state index contributed by atoms with van der Waals surface area (Å²) in [6, 6.07) is 5.21. The number of esters is 1. The summed E-state index contributed by atoms with van der Waals surface area (Å²) in [6.07, 6.45) is 5.08. The first-order chi connectivity index (χ1) is 9.40. The van der Waals surface area contributed by atoms with Crippen molar-refractivity contribution in [3.8, 4) is 12.3 Å². The first-order valence-electron chi connectivity index (χ1n) is 6.09. The normalized spacial score (nSPS) is 12.4. The molecule has 1 aromatic carbocycles. The van der Waals surface area contributed by atoms with Crippen LogP contribution < -0.4 is 4.72 Å². The van der Waals surface area contributed by atoms with E-state index in [0.717, 1.165) is 5.56 Å². The van der Waals surface area contributed by atoms with Crippen LogP contribution in [0.2, 0.25) is 0 Å². The third kappa shape index (κ3) is 4.37. The number of sulfonamides is 1. The van der Waals surface area contributed by atoms with E-state index < -0.39 is 22.0 Å². The number of nitrogens with one attached hydrogen (secondary N) is 1. The van der Waals surface area contributed by atoms with E-state index in [2.05, 4.69) is 10.6 Å². The van der Waals surface area contributed by atoms with E-state index in [1.54, 1.807) is 19.1 Å². The smallest absolute Gasteiger partial charge is 0.325 e. The molecular weight excluding hydrogens is 278 g/mol. The molecule has 0 radical (unpaired) electrons. The van der Waals surface area contributed by atoms with Crippen molar-refractivity contribution in [3.05, 3.63) is 29.8 Å². The summed E-state index contributed by atoms with van der Waals surface area (Å²) < 4.78 is 31.4. The van der Waals surface area contributed by atoms with Gasteiger partial charge in [0.05, 0.1) is 11.5 Å². The lowest BCUT2D eigenvalue weighted by atomic mass is 10.2. The van der Waals surface area contributed by atoms with Gasteiger partial charge in [-0.2, -0.15) is 4.72 Å². The fourth-order valence-corrected chi connectivity index (χ4v) is 2.69. The fourth-order valence-electron chi connectivity index (χ4n) is 1.51. The van der Waals surface area contributed by atoms with E-state index in [1.165, 1.54) is 12.1 Å². The van der Waals surface area contributed by atoms with Crippen molar-refractivity contribution in [1.29, 1.82) is 0 Å². The molecule has 0 aliphatic rings. The van der Waals surface area contributed by atoms with Crippen molar-refractivity contribution in [2.45, 2.75) is 31.2 Å². The number of hydrogen-bond acceptors (Lipinski definition) is 4. The van der Waals surface area contributed by atoms with Crippen molar-refractivity contribution < 1.29 is 17.9 Å². The van der Waals surface area contributed by atoms with Crippen LogP contribution in [0.1, 0.15) is 18.9 Å². The SMILES string of the molecule is C#CCC(NS(=O)(=O)c1ccc(C)cc1)C(=O)OCC. The third-order valence-corrected chi connectivity index (χ3v) is 4.01. The van der Waals surface area contributed by atoms with E-state index in [1.807, 2.05) is 6.92 Å². The molecule has 5 nitrogen and oxygen atoms in total. The van der Waals surface area contributed by atoms with Gasteiger partial charge in [-0.25, -0.2) is 8.42 Å². The Labute approximate surface area is 119 Å². The summed E-state index contributed by atoms with van der Waals surface area (Å²) in [5.74, 6) is 1.58. The van der Waals surface area contributed by atoms with Gasteiger partial charge in [0.15, 0.2) is 0 Å². The van der Waals surface area contributed by atoms with Crippen LogP contribution in [0.3, 0.4) is 0 Å². The van der Waals surface area contributed by atoms with Crippen LogP contribution in [-0.4, -0.2) is 27.0 Å². The molecule has 1 atom stereocenters. The average molecular weight is 295 g/mol. The van der Waals surface area contributed by atoms with E-state index in [9.17, 15) is 13.2 Å². The predicted molar refractivity (Wildman–Crippen MR) is 75.4 cm³/mol. The van der Waals surface area contributed by atoms with Crippen LogP contribution in [0.5, 0.6) is 0 Å². The topological polar surface area (TPSA) is 72.5 Å². The van der Waals surface area contributed by atoms with E-state index in [-0.39, 0.29) is 17.9 Å². The number of hydrogen-bond donors (Lipinski definition) is 1. The minimum Gasteiger partial charge on any atom is -0.465 e. The predicted octanol–water partition coefficient (Wildman–Crippen LogP) is 1.23. The molecule has 0 fully saturated rings. The molecule has 0 aliphatic carbocycles. The van der Waals surface area contributed by atoms with E-state index in [0.29, 0.717) is 0 Å². The Morgan fingerprint density at radius 3 is 2.50 bits per heavy atom. The Hall–Kier alpha value is -1.84. The van der Waals surface area contributed by atoms with Crippen molar-refractivity contribution in [1.82, 2.24) is 4.72 Å². The lowest BCUT2D eigenvalue weighted by Crippen LogP contribution is -2.41. The summed E-state index contributed by atoms with van der Waals surface area (Å²) >= 11 is 0. The average Bonchev–Trinajstić information content (AvgIpc) is 2.39. The van der Waals surface area contributed by atoms with Crippen molar-refractivity contribution in [2.75, 3.05) is 6.61 Å². The molecule has 1 aromatic rings. The zero-order chi connectivity index (χ0) is 15.2. The van der Waals surface area contributed by atoms with Gasteiger partial charge in [0.1, 0.15) is 6.04 Å². The largest absolute Gasteiger partial charge is 0.465 e. The molecule has 1 rings (SSSR count). The summed E-state index contributed by atoms with van der Waals surface area (Å²) in [5.41, 5.74) is 0.939. The molecule has 0 bridgehead atoms. The molecule has 20 heavy (non-hydrogen) atoms. The molecule has 108 valence electrons. The summed E-state index contributed by atoms with van der Waals surface area (Å²) in [6.45, 7) is 3.65. The van der Waals surface area contributed by atoms with Crippen LogP contribution in [0.25, 0.3) is 0 Å². The van der Waals surface area contributed by atoms with Gasteiger partial charge < -0.3 is 4.74 Å². The van der Waals surface area contributed by atoms with Gasteiger partial charge in [-0.05, 0) is 26.0 Å². The van der Waals surface area contributed by atoms with Crippen LogP contribution in [0.4, 0.5) is 0 Å². The van der Waals surface area contributed by atoms with E-state index >= 15 is 0 Å². The second-order valence-electron chi connectivity index (χ2n) is 4.15. The molecule has 0 aromatic heterocycles. The van der Waals surface area contributed by atoms with Gasteiger partial charge in [0, 0.05) is 6.42 Å². The number of aryl methyl sites for hydroxylation is 1. The maximum Gasteiger partial charge on any atom is 0.325 e. The second kappa shape index (κ2) is 7.08. The molecule has 0 aliphatic heterocycles. The first-order valence-corrected chi connectivity index (χ1v) is 7.58. The fraction of sp³-hybridized carbons (Fsp3) is 0.357. The first kappa shape index (κ1) is 16.2. The van der Waals surface area contributed by atoms with Crippen LogP contribution in [-0.2, 0) is 19.6 Å². The minimum absolute atomic E-state index is 0.0656. The molecule has 6 heteroatoms. The number of carbonyl (C=O) groups excluding carboxylic acids is 1. The van der Waals surface area contributed by atoms with Crippen LogP contribution >= 0.6 is 0 Å². The number of ether oxygens (including phenoxy) is 1. The van der Waals surface area contributed by atoms with Gasteiger partial charge in [0.25, 0.3) is 0 Å². The summed E-state index contributed by atoms with van der Waals surface area (Å²) in [4.78, 5) is 11.7. The number of rotatable bonds is 6. The third-order valence-electron chi connectivity index (χ3n) is 2.52. The van der Waals surface area contributed by atoms with Gasteiger partial charge in [0.2, 0.25) is 10.0 Å². The highest BCUT2D eigenvalue weighted by atomic mass is 32.2. The molecule has 0 spiro atoms. The molecule has 1 unspecified atom stereocenters. The molecule has 0 saturated carbocycles. The Kier molecular flexibility index (Phi) is 5.74. The molecule has 0 heterocycles. The highest BCUT2D eigenvalue weighted by Gasteiger charge is 2.25. The molecule has 0 saturated heterocycles. The Balaban J connectivity index is 2.94. The van der Waals surface area contributed by atoms with Crippen molar-refractivity contribution in [2.24, 2.45) is 0 Å². The zero-order valence-corrected chi connectivity index (χ0v) is 12.2. The van der Waals surface area contributed by atoms with Gasteiger partial charge in [-0.15, -0.1) is 12.3 Å². The summed E-state index contributed by atoms with van der Waals surface area (Å²) in [5, 5.41) is 0. The van der Waals surface area contributed by atoms with Crippen LogP contribution in [0, 0.1) is 19.3 Å². The Morgan fingerprint density at radius 2 is 2.00 bits per heavy atom. The summed E-state index contributed by atoms with van der Waals surface area (Å²) in [7, 11) is -3.81. The Bertz CT molecular complexity index is 599. The number of terminal acetylenes is 1. The highest BCUT2D eigenvalue weighted by molar-refractivity contribution is 7.89. The number of benzene rings is 1. The van der Waals surface area contributed by atoms with Crippen molar-refractivity contribution in [3.63, 3.8) is 0 Å². The second-order valence-corrected chi connectivity index (χ2v) is 5.86. The lowest BCUT2D eigenvalue weighted by molar-refractivity contribution is -0.144. The van der Waals surface area contributed by atoms with Crippen LogP contribution in [0.15, 0.2) is 29.2 Å². The monoisotopic (exact) mass is 295 g/mol. The van der Waals surface area contributed by atoms with Crippen molar-refractivity contribution >= 4 is 16.0 Å². The molecule has 0 amide bonds.